The zero-order valence-corrected chi connectivity index (χ0v) is 12.7. The Kier molecular flexibility index (Phi) is 5.94. The molecule has 0 saturated carbocycles. The molecule has 0 heterocycles. The van der Waals surface area contributed by atoms with Gasteiger partial charge in [-0.05, 0) is 23.2 Å². The molecule has 3 atom stereocenters. The molecule has 0 radical (unpaired) electrons. The molecule has 0 spiro atoms. The molecule has 0 saturated heterocycles. The van der Waals surface area contributed by atoms with Crippen LogP contribution in [0.2, 0.25) is 0 Å². The van der Waals surface area contributed by atoms with Crippen molar-refractivity contribution in [2.45, 2.75) is 24.9 Å². The van der Waals surface area contributed by atoms with Gasteiger partial charge in [0.15, 0.2) is 0 Å². The summed E-state index contributed by atoms with van der Waals surface area (Å²) < 4.78 is 60.4. The average molecular weight is 419 g/mol. The van der Waals surface area contributed by atoms with Crippen LogP contribution in [0.4, 0.5) is 22.0 Å². The van der Waals surface area contributed by atoms with E-state index in [1.54, 1.807) is 0 Å². The Morgan fingerprint density at radius 2 is 0.889 bits per heavy atom. The van der Waals surface area contributed by atoms with Crippen molar-refractivity contribution in [2.75, 3.05) is 0 Å². The first-order chi connectivity index (χ1) is 7.46. The van der Waals surface area contributed by atoms with Crippen LogP contribution in [0.15, 0.2) is 0 Å². The van der Waals surface area contributed by atoms with Crippen LogP contribution in [-0.4, -0.2) is 24.9 Å². The minimum absolute atomic E-state index is 3.22. The lowest BCUT2D eigenvalue weighted by molar-refractivity contribution is -0.249. The molecule has 0 aromatic rings. The van der Waals surface area contributed by atoms with Gasteiger partial charge in [-0.25, -0.2) is 8.78 Å². The molecule has 0 rings (SSSR count). The van der Waals surface area contributed by atoms with Crippen LogP contribution in [0.5, 0.6) is 0 Å². The third kappa shape index (κ3) is 4.07. The fourth-order valence-corrected chi connectivity index (χ4v) is 1.29. The standard InChI is InChI=1S/C5Cl7F5O/c6-1(13,2(7,8)14)4(11,16)18-5(12,17)3(9,10)15. The van der Waals surface area contributed by atoms with E-state index in [-0.39, 0.29) is 0 Å². The van der Waals surface area contributed by atoms with Crippen molar-refractivity contribution in [3.63, 3.8) is 0 Å². The highest BCUT2D eigenvalue weighted by Gasteiger charge is 2.71. The summed E-state index contributed by atoms with van der Waals surface area (Å²) in [5, 5.41) is -13.7. The average Bonchev–Trinajstić information content (AvgIpc) is 1.96. The Morgan fingerprint density at radius 3 is 1.11 bits per heavy atom. The van der Waals surface area contributed by atoms with Crippen molar-refractivity contribution in [3.8, 4) is 0 Å². The number of rotatable bonds is 5. The molecule has 0 aliphatic rings. The lowest BCUT2D eigenvalue weighted by atomic mass is 10.4. The summed E-state index contributed by atoms with van der Waals surface area (Å²) in [6, 6.07) is 0. The zero-order valence-electron chi connectivity index (χ0n) is 7.44. The second-order valence-electron chi connectivity index (χ2n) is 2.71. The largest absolute Gasteiger partial charge is 0.353 e. The summed E-state index contributed by atoms with van der Waals surface area (Å²) in [6.07, 6.45) is 0. The summed E-state index contributed by atoms with van der Waals surface area (Å²) in [5.41, 5.74) is 0. The molecule has 0 aromatic heterocycles. The summed E-state index contributed by atoms with van der Waals surface area (Å²) in [5.74, 6) is 0. The zero-order chi connectivity index (χ0) is 15.2. The summed E-state index contributed by atoms with van der Waals surface area (Å²) in [7, 11) is 0. The molecule has 0 bridgehead atoms. The molecule has 0 aliphatic heterocycles. The van der Waals surface area contributed by atoms with Gasteiger partial charge >= 0.3 is 24.9 Å². The van der Waals surface area contributed by atoms with Crippen molar-refractivity contribution in [1.82, 2.24) is 0 Å². The maximum absolute atomic E-state index is 13.4. The lowest BCUT2D eigenvalue weighted by Gasteiger charge is -2.36. The lowest BCUT2D eigenvalue weighted by Crippen LogP contribution is -2.55. The molecule has 110 valence electrons. The number of hydrogen-bond acceptors (Lipinski definition) is 1. The molecule has 18 heavy (non-hydrogen) atoms. The maximum atomic E-state index is 13.4. The van der Waals surface area contributed by atoms with E-state index in [0.29, 0.717) is 0 Å². The van der Waals surface area contributed by atoms with Crippen molar-refractivity contribution in [3.05, 3.63) is 0 Å². The predicted octanol–water partition coefficient (Wildman–Crippen LogP) is 5.83. The fourth-order valence-electron chi connectivity index (χ4n) is 0.448. The van der Waals surface area contributed by atoms with E-state index >= 15 is 0 Å². The number of alkyl halides is 12. The molecular formula is C5Cl7F5O. The van der Waals surface area contributed by atoms with E-state index < -0.39 is 24.9 Å². The van der Waals surface area contributed by atoms with Gasteiger partial charge in [0.05, 0.1) is 0 Å². The Bertz CT molecular complexity index is 308. The van der Waals surface area contributed by atoms with Gasteiger partial charge in [0.1, 0.15) is 0 Å². The van der Waals surface area contributed by atoms with Gasteiger partial charge in [-0.15, -0.1) is 0 Å². The molecule has 0 aliphatic carbocycles. The molecule has 0 N–H and O–H groups in total. The van der Waals surface area contributed by atoms with Crippen LogP contribution < -0.4 is 0 Å². The quantitative estimate of drug-likeness (QED) is 0.402. The molecular weight excluding hydrogens is 419 g/mol. The van der Waals surface area contributed by atoms with Crippen LogP contribution in [0.25, 0.3) is 0 Å². The predicted molar refractivity (Wildman–Crippen MR) is 61.3 cm³/mol. The van der Waals surface area contributed by atoms with Crippen LogP contribution in [0.3, 0.4) is 0 Å². The number of hydrogen-bond donors (Lipinski definition) is 0. The first kappa shape index (κ1) is 19.6. The highest BCUT2D eigenvalue weighted by molar-refractivity contribution is 6.53. The van der Waals surface area contributed by atoms with Gasteiger partial charge in [0.25, 0.3) is 0 Å². The summed E-state index contributed by atoms with van der Waals surface area (Å²) in [4.78, 5) is 0. The molecule has 13 heteroatoms. The highest BCUT2D eigenvalue weighted by Crippen LogP contribution is 2.56. The van der Waals surface area contributed by atoms with Gasteiger partial charge in [-0.2, -0.15) is 13.2 Å². The smallest absolute Gasteiger partial charge is 0.275 e. The highest BCUT2D eigenvalue weighted by atomic mass is 35.5. The van der Waals surface area contributed by atoms with Gasteiger partial charge in [0.2, 0.25) is 0 Å². The van der Waals surface area contributed by atoms with Gasteiger partial charge in [-0.1, -0.05) is 58.0 Å². The first-order valence-electron chi connectivity index (χ1n) is 3.43. The minimum atomic E-state index is -4.66. The van der Waals surface area contributed by atoms with Crippen LogP contribution in [-0.2, 0) is 4.74 Å². The Labute approximate surface area is 132 Å². The van der Waals surface area contributed by atoms with E-state index in [9.17, 15) is 22.0 Å². The monoisotopic (exact) mass is 416 g/mol. The molecule has 1 nitrogen and oxygen atoms in total. The van der Waals surface area contributed by atoms with E-state index in [4.69, 9.17) is 0 Å². The summed E-state index contributed by atoms with van der Waals surface area (Å²) in [6.45, 7) is 0. The fraction of sp³-hybridized carbons (Fsp3) is 1.00. The third-order valence-corrected chi connectivity index (χ3v) is 3.98. The Morgan fingerprint density at radius 1 is 0.556 bits per heavy atom. The normalized spacial score (nSPS) is 24.0. The summed E-state index contributed by atoms with van der Waals surface area (Å²) >= 11 is 31.8. The third-order valence-electron chi connectivity index (χ3n) is 1.31. The van der Waals surface area contributed by atoms with Crippen molar-refractivity contribution in [1.29, 1.82) is 0 Å². The van der Waals surface area contributed by atoms with E-state index in [0.717, 1.165) is 0 Å². The van der Waals surface area contributed by atoms with Crippen LogP contribution in [0, 0.1) is 0 Å². The second-order valence-corrected chi connectivity index (χ2v) is 6.67. The Balaban J connectivity index is 5.33. The first-order valence-corrected chi connectivity index (χ1v) is 6.07. The van der Waals surface area contributed by atoms with E-state index in [1.807, 2.05) is 0 Å². The van der Waals surface area contributed by atoms with E-state index in [1.165, 1.54) is 0 Å². The molecule has 3 unspecified atom stereocenters. The van der Waals surface area contributed by atoms with Crippen LogP contribution >= 0.6 is 81.2 Å². The maximum Gasteiger partial charge on any atom is 0.353 e. The number of halogens is 12. The second kappa shape index (κ2) is 5.44. The van der Waals surface area contributed by atoms with Gasteiger partial charge in [0, 0.05) is 0 Å². The van der Waals surface area contributed by atoms with Crippen molar-refractivity contribution >= 4 is 81.2 Å². The minimum Gasteiger partial charge on any atom is -0.275 e. The Hall–Kier alpha value is 1.64. The van der Waals surface area contributed by atoms with E-state index in [2.05, 4.69) is 85.9 Å². The number of ether oxygens (including phenoxy) is 1. The van der Waals surface area contributed by atoms with Gasteiger partial charge < -0.3 is 0 Å². The van der Waals surface area contributed by atoms with Crippen molar-refractivity contribution in [2.24, 2.45) is 0 Å². The topological polar surface area (TPSA) is 9.23 Å². The molecule has 0 aromatic carbocycles. The van der Waals surface area contributed by atoms with Gasteiger partial charge in [-0.3, -0.25) is 4.74 Å². The SMILES string of the molecule is FC(Cl)(Cl)C(F)(Cl)OC(F)(Cl)C(F)(Cl)C(F)(Cl)Cl. The molecule has 0 fully saturated rings. The van der Waals surface area contributed by atoms with Crippen LogP contribution in [0.1, 0.15) is 0 Å². The molecule has 0 amide bonds. The van der Waals surface area contributed by atoms with Crippen molar-refractivity contribution < 1.29 is 26.7 Å².